The first-order valence-electron chi connectivity index (χ1n) is 10.6. The number of hydrogen-bond acceptors (Lipinski definition) is 5. The zero-order valence-corrected chi connectivity index (χ0v) is 17.4. The number of amides is 1. The molecule has 6 heteroatoms. The first kappa shape index (κ1) is 20.4. The Morgan fingerprint density at radius 1 is 1.13 bits per heavy atom. The van der Waals surface area contributed by atoms with Gasteiger partial charge in [0.2, 0.25) is 0 Å². The molecule has 0 spiro atoms. The Kier molecular flexibility index (Phi) is 6.04. The second kappa shape index (κ2) is 8.88. The number of nitrogens with zero attached hydrogens (tertiary/aromatic N) is 3. The zero-order valence-electron chi connectivity index (χ0n) is 17.4. The second-order valence-electron chi connectivity index (χ2n) is 8.28. The summed E-state index contributed by atoms with van der Waals surface area (Å²) in [5, 5.41) is 17.2. The molecule has 2 aromatic carbocycles. The Morgan fingerprint density at radius 3 is 2.47 bits per heavy atom. The fourth-order valence-electron chi connectivity index (χ4n) is 4.14. The van der Waals surface area contributed by atoms with Crippen LogP contribution in [0.4, 0.5) is 0 Å². The van der Waals surface area contributed by atoms with Crippen molar-refractivity contribution in [2.45, 2.75) is 43.9 Å². The molecular weight excluding hydrogens is 378 g/mol. The summed E-state index contributed by atoms with van der Waals surface area (Å²) in [5.74, 6) is 0.850. The molecule has 1 amide bonds. The van der Waals surface area contributed by atoms with Crippen LogP contribution in [0, 0.1) is 0 Å². The molecule has 1 saturated heterocycles. The number of ether oxygens (including phenoxy) is 1. The number of para-hydroxylation sites is 1. The highest BCUT2D eigenvalue weighted by Gasteiger charge is 2.37. The molecule has 0 aromatic heterocycles. The molecule has 1 unspecified atom stereocenters. The van der Waals surface area contributed by atoms with Crippen molar-refractivity contribution in [3.05, 3.63) is 65.7 Å². The Hall–Kier alpha value is -2.86. The molecule has 158 valence electrons. The quantitative estimate of drug-likeness (QED) is 0.798. The standard InChI is InChI=1S/C24H29N3O3/c1-26-21(11-14-25-26)17-24(29)12-15-27(16-13-24)23(28)20-9-7-19(8-10-20)18-30-22-5-3-2-4-6-22/h2-10,14,21,29H,11-13,15-18H2,1H3. The molecule has 2 aliphatic heterocycles. The van der Waals surface area contributed by atoms with Gasteiger partial charge >= 0.3 is 0 Å². The van der Waals surface area contributed by atoms with Gasteiger partial charge < -0.3 is 14.7 Å². The van der Waals surface area contributed by atoms with Crippen LogP contribution >= 0.6 is 0 Å². The lowest BCUT2D eigenvalue weighted by molar-refractivity contribution is -0.0368. The topological polar surface area (TPSA) is 65.4 Å². The van der Waals surface area contributed by atoms with Crippen LogP contribution in [0.15, 0.2) is 59.7 Å². The molecule has 30 heavy (non-hydrogen) atoms. The van der Waals surface area contributed by atoms with Gasteiger partial charge in [-0.1, -0.05) is 30.3 Å². The summed E-state index contributed by atoms with van der Waals surface area (Å²) in [4.78, 5) is 14.7. The number of carbonyl (C=O) groups excluding carboxylic acids is 1. The van der Waals surface area contributed by atoms with Gasteiger partial charge in [-0.3, -0.25) is 9.80 Å². The summed E-state index contributed by atoms with van der Waals surface area (Å²) in [6, 6.07) is 17.5. The molecule has 2 aliphatic rings. The van der Waals surface area contributed by atoms with Crippen LogP contribution in [0.25, 0.3) is 0 Å². The van der Waals surface area contributed by atoms with E-state index in [2.05, 4.69) is 5.10 Å². The first-order chi connectivity index (χ1) is 14.5. The normalized spacial score (nSPS) is 20.4. The van der Waals surface area contributed by atoms with E-state index in [1.807, 2.05) is 77.8 Å². The Labute approximate surface area is 177 Å². The fraction of sp³-hybridized carbons (Fsp3) is 0.417. The SMILES string of the molecule is CN1N=CCC1CC1(O)CCN(C(=O)c2ccc(COc3ccccc3)cc2)CC1. The van der Waals surface area contributed by atoms with Crippen molar-refractivity contribution in [3.8, 4) is 5.75 Å². The van der Waals surface area contributed by atoms with Gasteiger partial charge in [-0.25, -0.2) is 0 Å². The fourth-order valence-corrected chi connectivity index (χ4v) is 4.14. The van der Waals surface area contributed by atoms with Crippen LogP contribution in [0.2, 0.25) is 0 Å². The van der Waals surface area contributed by atoms with Gasteiger partial charge in [0, 0.05) is 38.3 Å². The summed E-state index contributed by atoms with van der Waals surface area (Å²) in [7, 11) is 1.95. The second-order valence-corrected chi connectivity index (χ2v) is 8.28. The molecule has 2 aromatic rings. The number of aliphatic hydroxyl groups is 1. The highest BCUT2D eigenvalue weighted by Crippen LogP contribution is 2.31. The third kappa shape index (κ3) is 4.82. The van der Waals surface area contributed by atoms with Crippen LogP contribution in [-0.4, -0.2) is 58.9 Å². The van der Waals surface area contributed by atoms with E-state index in [0.29, 0.717) is 44.5 Å². The highest BCUT2D eigenvalue weighted by atomic mass is 16.5. The minimum absolute atomic E-state index is 0.0221. The van der Waals surface area contributed by atoms with Gasteiger partial charge in [0.1, 0.15) is 12.4 Å². The van der Waals surface area contributed by atoms with Crippen molar-refractivity contribution >= 4 is 12.1 Å². The van der Waals surface area contributed by atoms with Crippen molar-refractivity contribution in [1.82, 2.24) is 9.91 Å². The van der Waals surface area contributed by atoms with E-state index >= 15 is 0 Å². The van der Waals surface area contributed by atoms with Crippen LogP contribution < -0.4 is 4.74 Å². The average molecular weight is 408 g/mol. The van der Waals surface area contributed by atoms with Gasteiger partial charge in [0.15, 0.2) is 0 Å². The summed E-state index contributed by atoms with van der Waals surface area (Å²) in [6.45, 7) is 1.62. The lowest BCUT2D eigenvalue weighted by atomic mass is 9.84. The molecule has 2 heterocycles. The van der Waals surface area contributed by atoms with Crippen molar-refractivity contribution in [2.24, 2.45) is 5.10 Å². The van der Waals surface area contributed by atoms with Crippen molar-refractivity contribution in [2.75, 3.05) is 20.1 Å². The molecule has 0 saturated carbocycles. The van der Waals surface area contributed by atoms with E-state index in [0.717, 1.165) is 17.7 Å². The van der Waals surface area contributed by atoms with Gasteiger partial charge in [0.25, 0.3) is 5.91 Å². The molecular formula is C24H29N3O3. The molecule has 1 N–H and O–H groups in total. The Bertz CT molecular complexity index is 874. The van der Waals surface area contributed by atoms with Crippen molar-refractivity contribution in [3.63, 3.8) is 0 Å². The monoisotopic (exact) mass is 407 g/mol. The maximum Gasteiger partial charge on any atom is 0.253 e. The van der Waals surface area contributed by atoms with Gasteiger partial charge in [-0.2, -0.15) is 5.10 Å². The zero-order chi connectivity index (χ0) is 21.0. The number of carbonyl (C=O) groups is 1. The van der Waals surface area contributed by atoms with Crippen LogP contribution in [0.5, 0.6) is 5.75 Å². The van der Waals surface area contributed by atoms with Crippen molar-refractivity contribution < 1.29 is 14.6 Å². The largest absolute Gasteiger partial charge is 0.489 e. The van der Waals surface area contributed by atoms with Crippen LogP contribution in [0.1, 0.15) is 41.6 Å². The van der Waals surface area contributed by atoms with E-state index in [-0.39, 0.29) is 11.9 Å². The van der Waals surface area contributed by atoms with Gasteiger partial charge in [0.05, 0.1) is 11.6 Å². The third-order valence-corrected chi connectivity index (χ3v) is 6.12. The van der Waals surface area contributed by atoms with E-state index in [4.69, 9.17) is 4.74 Å². The van der Waals surface area contributed by atoms with Gasteiger partial charge in [-0.05, 0) is 49.1 Å². The van der Waals surface area contributed by atoms with Crippen LogP contribution in [-0.2, 0) is 6.61 Å². The number of piperidine rings is 1. The average Bonchev–Trinajstić information content (AvgIpc) is 3.17. The maximum absolute atomic E-state index is 12.9. The lowest BCUT2D eigenvalue weighted by Gasteiger charge is -2.40. The molecule has 6 nitrogen and oxygen atoms in total. The molecule has 0 bridgehead atoms. The Morgan fingerprint density at radius 2 is 1.83 bits per heavy atom. The molecule has 1 atom stereocenters. The van der Waals surface area contributed by atoms with Gasteiger partial charge in [-0.15, -0.1) is 0 Å². The number of hydrogen-bond donors (Lipinski definition) is 1. The third-order valence-electron chi connectivity index (χ3n) is 6.12. The lowest BCUT2D eigenvalue weighted by Crippen LogP contribution is -2.49. The highest BCUT2D eigenvalue weighted by molar-refractivity contribution is 5.94. The number of likely N-dealkylation sites (tertiary alicyclic amines) is 1. The van der Waals surface area contributed by atoms with E-state index in [1.165, 1.54) is 0 Å². The first-order valence-corrected chi connectivity index (χ1v) is 10.6. The smallest absolute Gasteiger partial charge is 0.253 e. The summed E-state index contributed by atoms with van der Waals surface area (Å²) < 4.78 is 5.76. The summed E-state index contributed by atoms with van der Waals surface area (Å²) >= 11 is 0. The van der Waals surface area contributed by atoms with Crippen molar-refractivity contribution in [1.29, 1.82) is 0 Å². The molecule has 4 rings (SSSR count). The predicted molar refractivity (Wildman–Crippen MR) is 117 cm³/mol. The minimum atomic E-state index is -0.720. The predicted octanol–water partition coefficient (Wildman–Crippen LogP) is 3.31. The number of hydrazone groups is 1. The Balaban J connectivity index is 1.28. The maximum atomic E-state index is 12.9. The molecule has 1 fully saturated rings. The van der Waals surface area contributed by atoms with E-state index in [1.54, 1.807) is 0 Å². The van der Waals surface area contributed by atoms with Crippen LogP contribution in [0.3, 0.4) is 0 Å². The van der Waals surface area contributed by atoms with E-state index in [9.17, 15) is 9.90 Å². The number of rotatable bonds is 6. The molecule has 0 aliphatic carbocycles. The summed E-state index contributed by atoms with van der Waals surface area (Å²) in [5.41, 5.74) is 0.973. The number of benzene rings is 2. The molecule has 0 radical (unpaired) electrons. The van der Waals surface area contributed by atoms with E-state index < -0.39 is 5.60 Å². The summed E-state index contributed by atoms with van der Waals surface area (Å²) in [6.07, 6.45) is 4.68. The minimum Gasteiger partial charge on any atom is -0.489 e.